The first kappa shape index (κ1) is 35.5. The maximum Gasteiger partial charge on any atom is 0.410 e. The van der Waals surface area contributed by atoms with Crippen molar-refractivity contribution in [1.29, 1.82) is 0 Å². The van der Waals surface area contributed by atoms with Gasteiger partial charge < -0.3 is 36.0 Å². The van der Waals surface area contributed by atoms with Crippen LogP contribution in [-0.2, 0) is 32.0 Å². The van der Waals surface area contributed by atoms with Gasteiger partial charge in [0.1, 0.15) is 23.3 Å². The lowest BCUT2D eigenvalue weighted by molar-refractivity contribution is -0.135. The molecule has 1 unspecified atom stereocenters. The SMILES string of the molecule is CN(C(=O)OC(C)(C)C)C(C)(C)C(=O)N[C@H](Cc1c[nH]c2ccccc12)C(=O)N[C@H](Cc1c[nH]c2ccccc12)NC(=O)C1CCCCN1. The Balaban J connectivity index is 1.42. The number of H-pyrrole nitrogens is 2. The summed E-state index contributed by atoms with van der Waals surface area (Å²) in [7, 11) is 1.49. The Labute approximate surface area is 287 Å². The number of amides is 4. The van der Waals surface area contributed by atoms with Gasteiger partial charge in [-0.25, -0.2) is 4.79 Å². The van der Waals surface area contributed by atoms with Crippen LogP contribution in [0, 0.1) is 0 Å². The van der Waals surface area contributed by atoms with Gasteiger partial charge in [-0.05, 0) is 77.3 Å². The minimum absolute atomic E-state index is 0.158. The first-order valence-electron chi connectivity index (χ1n) is 16.9. The summed E-state index contributed by atoms with van der Waals surface area (Å²) in [5.74, 6) is -1.21. The van der Waals surface area contributed by atoms with Crippen molar-refractivity contribution in [3.8, 4) is 0 Å². The van der Waals surface area contributed by atoms with E-state index >= 15 is 0 Å². The highest BCUT2D eigenvalue weighted by Gasteiger charge is 2.40. The van der Waals surface area contributed by atoms with Crippen molar-refractivity contribution in [1.82, 2.24) is 36.1 Å². The van der Waals surface area contributed by atoms with Crippen LogP contribution in [0.1, 0.15) is 65.0 Å². The third-order valence-corrected chi connectivity index (χ3v) is 9.14. The van der Waals surface area contributed by atoms with Crippen LogP contribution >= 0.6 is 0 Å². The van der Waals surface area contributed by atoms with Gasteiger partial charge in [0.2, 0.25) is 17.7 Å². The van der Waals surface area contributed by atoms with E-state index in [1.54, 1.807) is 34.6 Å². The number of piperidine rings is 1. The summed E-state index contributed by atoms with van der Waals surface area (Å²) in [5, 5.41) is 14.2. The minimum Gasteiger partial charge on any atom is -0.444 e. The van der Waals surface area contributed by atoms with Crippen molar-refractivity contribution < 1.29 is 23.9 Å². The van der Waals surface area contributed by atoms with Gasteiger partial charge >= 0.3 is 6.09 Å². The van der Waals surface area contributed by atoms with Crippen LogP contribution in [0.5, 0.6) is 0 Å². The first-order valence-corrected chi connectivity index (χ1v) is 16.9. The zero-order valence-electron chi connectivity index (χ0n) is 29.2. The van der Waals surface area contributed by atoms with Gasteiger partial charge in [-0.3, -0.25) is 19.3 Å². The smallest absolute Gasteiger partial charge is 0.410 e. The molecule has 4 amide bonds. The molecule has 0 bridgehead atoms. The quantitative estimate of drug-likeness (QED) is 0.131. The van der Waals surface area contributed by atoms with Crippen LogP contribution in [0.4, 0.5) is 4.79 Å². The molecule has 0 saturated carbocycles. The number of aromatic amines is 2. The molecule has 0 radical (unpaired) electrons. The summed E-state index contributed by atoms with van der Waals surface area (Å²) in [4.78, 5) is 62.4. The number of carbonyl (C=O) groups is 4. The van der Waals surface area contributed by atoms with Crippen LogP contribution in [0.2, 0.25) is 0 Å². The second-order valence-corrected chi connectivity index (χ2v) is 14.3. The fraction of sp³-hybridized carbons (Fsp3) is 0.459. The molecule has 0 spiro atoms. The lowest BCUT2D eigenvalue weighted by Gasteiger charge is -2.36. The second-order valence-electron chi connectivity index (χ2n) is 14.3. The topological polar surface area (TPSA) is 160 Å². The summed E-state index contributed by atoms with van der Waals surface area (Å²) in [6, 6.07) is 14.2. The van der Waals surface area contributed by atoms with Gasteiger partial charge in [0.25, 0.3) is 0 Å². The highest BCUT2D eigenvalue weighted by molar-refractivity contribution is 5.94. The number of fused-ring (bicyclic) bond motifs is 2. The van der Waals surface area contributed by atoms with Gasteiger partial charge in [-0.1, -0.05) is 42.8 Å². The summed E-state index contributed by atoms with van der Waals surface area (Å²) in [6.45, 7) is 9.22. The molecule has 6 N–H and O–H groups in total. The summed E-state index contributed by atoms with van der Waals surface area (Å²) in [5.41, 5.74) is 1.48. The standard InChI is InChI=1S/C37H49N7O5/c1-36(2,3)49-35(48)44(6)37(4,5)34(47)41-30(19-23-21-39-27-15-9-7-13-25(23)27)33(46)43-31(42-32(45)29-17-11-12-18-38-29)20-24-22-40-28-16-10-8-14-26(24)28/h7-10,13-16,21-22,29-31,38-40H,11-12,17-20H2,1-6H3,(H,41,47)(H,42,45)(H,43,46)/t29?,30-,31-/m1/s1. The fourth-order valence-electron chi connectivity index (χ4n) is 6.05. The largest absolute Gasteiger partial charge is 0.444 e. The molecule has 49 heavy (non-hydrogen) atoms. The van der Waals surface area contributed by atoms with Gasteiger partial charge in [-0.2, -0.15) is 0 Å². The number of rotatable bonds is 11. The molecule has 1 aliphatic rings. The average Bonchev–Trinajstić information content (AvgIpc) is 3.67. The molecular weight excluding hydrogens is 622 g/mol. The molecule has 3 heterocycles. The van der Waals surface area contributed by atoms with E-state index in [9.17, 15) is 19.2 Å². The van der Waals surface area contributed by atoms with E-state index in [1.807, 2.05) is 60.9 Å². The van der Waals surface area contributed by atoms with Crippen molar-refractivity contribution in [2.24, 2.45) is 0 Å². The number of benzene rings is 2. The number of ether oxygens (including phenoxy) is 1. The van der Waals surface area contributed by atoms with E-state index in [4.69, 9.17) is 4.74 Å². The highest BCUT2D eigenvalue weighted by Crippen LogP contribution is 2.22. The second kappa shape index (κ2) is 14.7. The number of hydrogen-bond acceptors (Lipinski definition) is 6. The van der Waals surface area contributed by atoms with Crippen LogP contribution in [0.25, 0.3) is 21.8 Å². The third kappa shape index (κ3) is 8.61. The minimum atomic E-state index is -1.37. The molecule has 1 aliphatic heterocycles. The number of carbonyl (C=O) groups excluding carboxylic acids is 4. The lowest BCUT2D eigenvalue weighted by Crippen LogP contribution is -2.62. The van der Waals surface area contributed by atoms with Crippen LogP contribution in [0.3, 0.4) is 0 Å². The molecule has 2 aromatic heterocycles. The summed E-state index contributed by atoms with van der Waals surface area (Å²) in [6.07, 6.45) is 5.40. The number of nitrogens with one attached hydrogen (secondary N) is 6. The number of aromatic nitrogens is 2. The number of likely N-dealkylation sites (N-methyl/N-ethyl adjacent to an activating group) is 1. The van der Waals surface area contributed by atoms with E-state index in [0.717, 1.165) is 52.3 Å². The van der Waals surface area contributed by atoms with Gasteiger partial charge in [-0.15, -0.1) is 0 Å². The monoisotopic (exact) mass is 671 g/mol. The van der Waals surface area contributed by atoms with Crippen molar-refractivity contribution in [3.63, 3.8) is 0 Å². The van der Waals surface area contributed by atoms with E-state index < -0.39 is 41.3 Å². The van der Waals surface area contributed by atoms with E-state index in [-0.39, 0.29) is 18.4 Å². The predicted octanol–water partition coefficient (Wildman–Crippen LogP) is 4.27. The van der Waals surface area contributed by atoms with Gasteiger partial charge in [0.05, 0.1) is 6.04 Å². The molecule has 0 aliphatic carbocycles. The fourth-order valence-corrected chi connectivity index (χ4v) is 6.05. The molecule has 2 aromatic carbocycles. The average molecular weight is 672 g/mol. The van der Waals surface area contributed by atoms with Gasteiger partial charge in [0, 0.05) is 54.1 Å². The third-order valence-electron chi connectivity index (χ3n) is 9.14. The van der Waals surface area contributed by atoms with E-state index in [1.165, 1.54) is 11.9 Å². The van der Waals surface area contributed by atoms with Crippen molar-refractivity contribution >= 4 is 45.6 Å². The number of para-hydroxylation sites is 2. The lowest BCUT2D eigenvalue weighted by atomic mass is 9.99. The molecular formula is C37H49N7O5. The Kier molecular flexibility index (Phi) is 10.7. The molecule has 1 saturated heterocycles. The Hall–Kier alpha value is -4.84. The summed E-state index contributed by atoms with van der Waals surface area (Å²) < 4.78 is 5.52. The number of hydrogen-bond donors (Lipinski definition) is 6. The van der Waals surface area contributed by atoms with Crippen molar-refractivity contribution in [2.45, 2.75) is 96.1 Å². The predicted molar refractivity (Wildman–Crippen MR) is 190 cm³/mol. The first-order chi connectivity index (χ1) is 23.2. The molecule has 4 aromatic rings. The maximum atomic E-state index is 14.3. The van der Waals surface area contributed by atoms with Crippen molar-refractivity contribution in [3.05, 3.63) is 72.1 Å². The molecule has 12 nitrogen and oxygen atoms in total. The summed E-state index contributed by atoms with van der Waals surface area (Å²) >= 11 is 0. The Morgan fingerprint density at radius 1 is 0.837 bits per heavy atom. The zero-order valence-corrected chi connectivity index (χ0v) is 29.2. The Morgan fingerprint density at radius 3 is 2.00 bits per heavy atom. The highest BCUT2D eigenvalue weighted by atomic mass is 16.6. The van der Waals surface area contributed by atoms with Crippen LogP contribution in [-0.4, -0.2) is 81.7 Å². The van der Waals surface area contributed by atoms with E-state index in [2.05, 4.69) is 31.2 Å². The van der Waals surface area contributed by atoms with Crippen molar-refractivity contribution in [2.75, 3.05) is 13.6 Å². The van der Waals surface area contributed by atoms with Gasteiger partial charge in [0.15, 0.2) is 0 Å². The molecule has 5 rings (SSSR count). The molecule has 1 fully saturated rings. The number of nitrogens with zero attached hydrogens (tertiary/aromatic N) is 1. The molecule has 262 valence electrons. The zero-order chi connectivity index (χ0) is 35.3. The normalized spacial score (nSPS) is 16.5. The Morgan fingerprint density at radius 2 is 1.43 bits per heavy atom. The molecule has 3 atom stereocenters. The van der Waals surface area contributed by atoms with E-state index in [0.29, 0.717) is 12.8 Å². The Bertz CT molecular complexity index is 1800. The van der Waals surface area contributed by atoms with Crippen LogP contribution < -0.4 is 21.3 Å². The maximum absolute atomic E-state index is 14.3. The van der Waals surface area contributed by atoms with Crippen LogP contribution in [0.15, 0.2) is 60.9 Å². The molecule has 12 heteroatoms.